The zero-order valence-electron chi connectivity index (χ0n) is 15.9. The van der Waals surface area contributed by atoms with Crippen LogP contribution in [0.5, 0.6) is 0 Å². The number of anilines is 1. The SMILES string of the molecule is O=C(Nc1ccc2c(c1)CCN(C1CCC1)CC2)c1ccc2nccnc2c1. The molecule has 28 heavy (non-hydrogen) atoms. The first kappa shape index (κ1) is 17.3. The lowest BCUT2D eigenvalue weighted by Gasteiger charge is -2.36. The van der Waals surface area contributed by atoms with E-state index in [0.717, 1.165) is 48.7 Å². The van der Waals surface area contributed by atoms with Gasteiger partial charge in [-0.2, -0.15) is 0 Å². The Balaban J connectivity index is 1.31. The fourth-order valence-electron chi connectivity index (χ4n) is 4.24. The molecule has 1 aliphatic heterocycles. The van der Waals surface area contributed by atoms with Gasteiger partial charge in [-0.3, -0.25) is 19.7 Å². The van der Waals surface area contributed by atoms with Crippen LogP contribution in [0.25, 0.3) is 11.0 Å². The van der Waals surface area contributed by atoms with Crippen molar-refractivity contribution >= 4 is 22.6 Å². The van der Waals surface area contributed by atoms with Crippen LogP contribution in [0.4, 0.5) is 5.69 Å². The Morgan fingerprint density at radius 3 is 2.50 bits per heavy atom. The summed E-state index contributed by atoms with van der Waals surface area (Å²) in [5.74, 6) is -0.114. The molecule has 5 rings (SSSR count). The number of fused-ring (bicyclic) bond motifs is 2. The van der Waals surface area contributed by atoms with Gasteiger partial charge < -0.3 is 5.32 Å². The molecule has 5 nitrogen and oxygen atoms in total. The molecule has 1 N–H and O–H groups in total. The highest BCUT2D eigenvalue weighted by atomic mass is 16.1. The van der Waals surface area contributed by atoms with Gasteiger partial charge in [0.15, 0.2) is 0 Å². The van der Waals surface area contributed by atoms with Gasteiger partial charge in [-0.15, -0.1) is 0 Å². The van der Waals surface area contributed by atoms with Crippen molar-refractivity contribution in [1.82, 2.24) is 14.9 Å². The summed E-state index contributed by atoms with van der Waals surface area (Å²) in [5, 5.41) is 3.05. The second-order valence-corrected chi connectivity index (χ2v) is 7.82. The maximum atomic E-state index is 12.7. The third kappa shape index (κ3) is 3.38. The summed E-state index contributed by atoms with van der Waals surface area (Å²) in [7, 11) is 0. The molecule has 1 saturated carbocycles. The molecule has 142 valence electrons. The number of carbonyl (C=O) groups is 1. The van der Waals surface area contributed by atoms with E-state index in [2.05, 4.69) is 32.3 Å². The van der Waals surface area contributed by atoms with Crippen LogP contribution in [0.1, 0.15) is 40.7 Å². The quantitative estimate of drug-likeness (QED) is 0.759. The highest BCUT2D eigenvalue weighted by Crippen LogP contribution is 2.28. The van der Waals surface area contributed by atoms with Crippen molar-refractivity contribution < 1.29 is 4.79 Å². The molecule has 2 heterocycles. The first-order chi connectivity index (χ1) is 13.8. The zero-order chi connectivity index (χ0) is 18.9. The number of benzene rings is 2. The molecule has 0 saturated heterocycles. The molecule has 2 aliphatic rings. The van der Waals surface area contributed by atoms with Crippen LogP contribution in [0.15, 0.2) is 48.8 Å². The van der Waals surface area contributed by atoms with E-state index < -0.39 is 0 Å². The second kappa shape index (κ2) is 7.32. The summed E-state index contributed by atoms with van der Waals surface area (Å²) in [6, 6.07) is 12.6. The van der Waals surface area contributed by atoms with Gasteiger partial charge in [0.25, 0.3) is 5.91 Å². The van der Waals surface area contributed by atoms with Crippen molar-refractivity contribution in [2.75, 3.05) is 18.4 Å². The Bertz CT molecular complexity index is 1030. The highest BCUT2D eigenvalue weighted by Gasteiger charge is 2.26. The number of hydrogen-bond donors (Lipinski definition) is 1. The number of nitrogens with one attached hydrogen (secondary N) is 1. The largest absolute Gasteiger partial charge is 0.322 e. The molecule has 2 aromatic carbocycles. The van der Waals surface area contributed by atoms with Crippen LogP contribution >= 0.6 is 0 Å². The molecule has 3 aromatic rings. The lowest BCUT2D eigenvalue weighted by Crippen LogP contribution is -2.41. The van der Waals surface area contributed by atoms with Crippen LogP contribution in [0.3, 0.4) is 0 Å². The Morgan fingerprint density at radius 1 is 0.929 bits per heavy atom. The maximum Gasteiger partial charge on any atom is 0.255 e. The highest BCUT2D eigenvalue weighted by molar-refractivity contribution is 6.05. The number of amides is 1. The predicted octanol–water partition coefficient (Wildman–Crippen LogP) is 3.84. The first-order valence-corrected chi connectivity index (χ1v) is 10.1. The standard InChI is InChI=1S/C23H24N4O/c28-23(18-5-7-21-22(15-18)25-11-10-24-21)26-19-6-4-16-8-12-27(20-2-1-3-20)13-9-17(16)14-19/h4-7,10-11,14-15,20H,1-3,8-9,12-13H2,(H,26,28). The minimum Gasteiger partial charge on any atom is -0.322 e. The number of rotatable bonds is 3. The van der Waals surface area contributed by atoms with Gasteiger partial charge in [0.2, 0.25) is 0 Å². The number of aromatic nitrogens is 2. The van der Waals surface area contributed by atoms with Gasteiger partial charge in [0.05, 0.1) is 11.0 Å². The van der Waals surface area contributed by atoms with E-state index >= 15 is 0 Å². The topological polar surface area (TPSA) is 58.1 Å². The molecular weight excluding hydrogens is 348 g/mol. The average Bonchev–Trinajstić information content (AvgIpc) is 2.89. The van der Waals surface area contributed by atoms with Gasteiger partial charge in [0.1, 0.15) is 0 Å². The van der Waals surface area contributed by atoms with Gasteiger partial charge in [-0.1, -0.05) is 12.5 Å². The van der Waals surface area contributed by atoms with Crippen molar-refractivity contribution in [3.05, 3.63) is 65.5 Å². The van der Waals surface area contributed by atoms with Crippen LogP contribution in [-0.2, 0) is 12.8 Å². The summed E-state index contributed by atoms with van der Waals surface area (Å²) in [4.78, 5) is 23.9. The smallest absolute Gasteiger partial charge is 0.255 e. The fourth-order valence-corrected chi connectivity index (χ4v) is 4.24. The van der Waals surface area contributed by atoms with E-state index in [9.17, 15) is 4.79 Å². The van der Waals surface area contributed by atoms with E-state index in [-0.39, 0.29) is 5.91 Å². The molecule has 1 amide bonds. The van der Waals surface area contributed by atoms with E-state index in [1.807, 2.05) is 12.1 Å². The minimum absolute atomic E-state index is 0.114. The lowest BCUT2D eigenvalue weighted by atomic mass is 9.91. The zero-order valence-corrected chi connectivity index (χ0v) is 15.9. The molecule has 5 heteroatoms. The van der Waals surface area contributed by atoms with Crippen molar-refractivity contribution in [2.45, 2.75) is 38.1 Å². The summed E-state index contributed by atoms with van der Waals surface area (Å²) in [5.41, 5.74) is 5.76. The monoisotopic (exact) mass is 372 g/mol. The first-order valence-electron chi connectivity index (χ1n) is 10.1. The number of carbonyl (C=O) groups excluding carboxylic acids is 1. The average molecular weight is 372 g/mol. The van der Waals surface area contributed by atoms with E-state index in [1.165, 1.54) is 30.4 Å². The van der Waals surface area contributed by atoms with E-state index in [4.69, 9.17) is 0 Å². The van der Waals surface area contributed by atoms with Crippen molar-refractivity contribution in [1.29, 1.82) is 0 Å². The van der Waals surface area contributed by atoms with Gasteiger partial charge in [0, 0.05) is 42.8 Å². The maximum absolute atomic E-state index is 12.7. The van der Waals surface area contributed by atoms with Crippen LogP contribution in [-0.4, -0.2) is 39.9 Å². The normalized spacial score (nSPS) is 17.6. The van der Waals surface area contributed by atoms with Crippen molar-refractivity contribution in [2.24, 2.45) is 0 Å². The Hall–Kier alpha value is -2.79. The molecular formula is C23H24N4O. The summed E-state index contributed by atoms with van der Waals surface area (Å²) >= 11 is 0. The summed E-state index contributed by atoms with van der Waals surface area (Å²) in [6.45, 7) is 2.28. The molecule has 0 unspecified atom stereocenters. The molecule has 1 aliphatic carbocycles. The van der Waals surface area contributed by atoms with Crippen LogP contribution in [0.2, 0.25) is 0 Å². The van der Waals surface area contributed by atoms with Crippen LogP contribution in [0, 0.1) is 0 Å². The molecule has 1 fully saturated rings. The lowest BCUT2D eigenvalue weighted by molar-refractivity contribution is 0.102. The predicted molar refractivity (Wildman–Crippen MR) is 111 cm³/mol. The van der Waals surface area contributed by atoms with Gasteiger partial charge in [-0.05, 0) is 67.1 Å². The molecule has 0 bridgehead atoms. The molecule has 0 spiro atoms. The third-order valence-electron chi connectivity index (χ3n) is 6.12. The number of hydrogen-bond acceptors (Lipinski definition) is 4. The van der Waals surface area contributed by atoms with Crippen molar-refractivity contribution in [3.63, 3.8) is 0 Å². The van der Waals surface area contributed by atoms with E-state index in [1.54, 1.807) is 24.5 Å². The Morgan fingerprint density at radius 2 is 1.71 bits per heavy atom. The molecule has 0 radical (unpaired) electrons. The minimum atomic E-state index is -0.114. The Kier molecular flexibility index (Phi) is 4.53. The van der Waals surface area contributed by atoms with Crippen LogP contribution < -0.4 is 5.32 Å². The van der Waals surface area contributed by atoms with Gasteiger partial charge in [-0.25, -0.2) is 0 Å². The number of nitrogens with zero attached hydrogens (tertiary/aromatic N) is 3. The Labute approximate surface area is 164 Å². The summed E-state index contributed by atoms with van der Waals surface area (Å²) in [6.07, 6.45) is 9.55. The second-order valence-electron chi connectivity index (χ2n) is 7.82. The van der Waals surface area contributed by atoms with Gasteiger partial charge >= 0.3 is 0 Å². The van der Waals surface area contributed by atoms with Crippen molar-refractivity contribution in [3.8, 4) is 0 Å². The molecule has 0 atom stereocenters. The fraction of sp³-hybridized carbons (Fsp3) is 0.348. The molecule has 1 aromatic heterocycles. The van der Waals surface area contributed by atoms with E-state index in [0.29, 0.717) is 5.56 Å². The summed E-state index contributed by atoms with van der Waals surface area (Å²) < 4.78 is 0. The third-order valence-corrected chi connectivity index (χ3v) is 6.12.